The monoisotopic (exact) mass is 215 g/mol. The van der Waals surface area contributed by atoms with Gasteiger partial charge >= 0.3 is 0 Å². The smallest absolute Gasteiger partial charge is 0.226 e. The van der Waals surface area contributed by atoms with E-state index in [1.807, 2.05) is 6.07 Å². The molecule has 0 saturated carbocycles. The van der Waals surface area contributed by atoms with E-state index >= 15 is 0 Å². The van der Waals surface area contributed by atoms with E-state index < -0.39 is 0 Å². The standard InChI is InChI=1S/C9H10ClNOS/c1-12-9-7-8(13-11-9)5-3-2-4-6-10/h7H,2,4,6H2,1H3. The molecule has 0 aromatic carbocycles. The minimum Gasteiger partial charge on any atom is -0.480 e. The molecule has 4 heteroatoms. The van der Waals surface area contributed by atoms with Crippen LogP contribution in [-0.4, -0.2) is 17.4 Å². The summed E-state index contributed by atoms with van der Waals surface area (Å²) in [6.45, 7) is 0. The van der Waals surface area contributed by atoms with Crippen LogP contribution in [0.25, 0.3) is 0 Å². The fourth-order valence-electron chi connectivity index (χ4n) is 0.719. The number of unbranched alkanes of at least 4 members (excludes halogenated alkanes) is 1. The minimum atomic E-state index is 0.631. The van der Waals surface area contributed by atoms with Crippen molar-refractivity contribution >= 4 is 23.1 Å². The average molecular weight is 216 g/mol. The van der Waals surface area contributed by atoms with Gasteiger partial charge in [-0.15, -0.1) is 11.6 Å². The number of hydrogen-bond acceptors (Lipinski definition) is 3. The van der Waals surface area contributed by atoms with Crippen LogP contribution in [0, 0.1) is 11.8 Å². The highest BCUT2D eigenvalue weighted by molar-refractivity contribution is 7.06. The zero-order valence-corrected chi connectivity index (χ0v) is 8.91. The van der Waals surface area contributed by atoms with Gasteiger partial charge in [-0.05, 0) is 18.0 Å². The van der Waals surface area contributed by atoms with Gasteiger partial charge in [-0.3, -0.25) is 0 Å². The summed E-state index contributed by atoms with van der Waals surface area (Å²) in [6, 6.07) is 1.83. The van der Waals surface area contributed by atoms with Gasteiger partial charge in [0.2, 0.25) is 5.88 Å². The van der Waals surface area contributed by atoms with Crippen molar-refractivity contribution in [2.75, 3.05) is 13.0 Å². The first-order valence-corrected chi connectivity index (χ1v) is 5.23. The summed E-state index contributed by atoms with van der Waals surface area (Å²) in [4.78, 5) is 0.937. The lowest BCUT2D eigenvalue weighted by molar-refractivity contribution is 0.402. The average Bonchev–Trinajstić information content (AvgIpc) is 2.60. The lowest BCUT2D eigenvalue weighted by atomic mass is 10.3. The first-order chi connectivity index (χ1) is 6.36. The van der Waals surface area contributed by atoms with Crippen LogP contribution >= 0.6 is 23.1 Å². The van der Waals surface area contributed by atoms with E-state index in [2.05, 4.69) is 16.2 Å². The van der Waals surface area contributed by atoms with Crippen molar-refractivity contribution in [2.45, 2.75) is 12.8 Å². The van der Waals surface area contributed by atoms with Crippen molar-refractivity contribution < 1.29 is 4.74 Å². The van der Waals surface area contributed by atoms with Crippen LogP contribution in [0.4, 0.5) is 0 Å². The van der Waals surface area contributed by atoms with Gasteiger partial charge in [0.25, 0.3) is 0 Å². The van der Waals surface area contributed by atoms with Crippen LogP contribution in [-0.2, 0) is 0 Å². The highest BCUT2D eigenvalue weighted by Gasteiger charge is 1.96. The van der Waals surface area contributed by atoms with Gasteiger partial charge in [0.05, 0.1) is 7.11 Å². The second kappa shape index (κ2) is 5.85. The Morgan fingerprint density at radius 2 is 2.54 bits per heavy atom. The number of halogens is 1. The zero-order valence-electron chi connectivity index (χ0n) is 7.34. The molecule has 0 N–H and O–H groups in total. The maximum absolute atomic E-state index is 5.51. The Morgan fingerprint density at radius 1 is 1.69 bits per heavy atom. The molecule has 2 nitrogen and oxygen atoms in total. The molecule has 0 bridgehead atoms. The third kappa shape index (κ3) is 3.67. The maximum atomic E-state index is 5.51. The zero-order chi connectivity index (χ0) is 9.52. The van der Waals surface area contributed by atoms with Gasteiger partial charge in [-0.1, -0.05) is 11.8 Å². The largest absolute Gasteiger partial charge is 0.480 e. The Balaban J connectivity index is 2.46. The van der Waals surface area contributed by atoms with E-state index in [1.54, 1.807) is 7.11 Å². The first-order valence-electron chi connectivity index (χ1n) is 3.92. The lowest BCUT2D eigenvalue weighted by Gasteiger charge is -1.85. The van der Waals surface area contributed by atoms with Crippen LogP contribution in [0.15, 0.2) is 6.07 Å². The number of methoxy groups -OCH3 is 1. The highest BCUT2D eigenvalue weighted by atomic mass is 35.5. The van der Waals surface area contributed by atoms with Crippen molar-refractivity contribution in [3.63, 3.8) is 0 Å². The molecule has 0 fully saturated rings. The Labute approximate surface area is 87.0 Å². The molecule has 1 heterocycles. The van der Waals surface area contributed by atoms with Gasteiger partial charge in [0.1, 0.15) is 4.88 Å². The van der Waals surface area contributed by atoms with Gasteiger partial charge in [0, 0.05) is 18.4 Å². The van der Waals surface area contributed by atoms with E-state index in [0.717, 1.165) is 17.7 Å². The Kier molecular flexibility index (Phi) is 4.66. The topological polar surface area (TPSA) is 22.1 Å². The van der Waals surface area contributed by atoms with Crippen molar-refractivity contribution in [2.24, 2.45) is 0 Å². The maximum Gasteiger partial charge on any atom is 0.226 e. The van der Waals surface area contributed by atoms with Gasteiger partial charge in [-0.25, -0.2) is 0 Å². The number of alkyl halides is 1. The minimum absolute atomic E-state index is 0.631. The molecular formula is C9H10ClNOS. The van der Waals surface area contributed by atoms with Crippen molar-refractivity contribution in [3.05, 3.63) is 10.9 Å². The van der Waals surface area contributed by atoms with Gasteiger partial charge in [0.15, 0.2) is 0 Å². The van der Waals surface area contributed by atoms with E-state index in [9.17, 15) is 0 Å². The number of aromatic nitrogens is 1. The van der Waals surface area contributed by atoms with E-state index in [4.69, 9.17) is 16.3 Å². The van der Waals surface area contributed by atoms with Crippen molar-refractivity contribution in [1.82, 2.24) is 4.37 Å². The Hall–Kier alpha value is -0.720. The molecule has 0 unspecified atom stereocenters. The Morgan fingerprint density at radius 3 is 3.15 bits per heavy atom. The molecule has 1 aromatic rings. The summed E-state index contributed by atoms with van der Waals surface area (Å²) >= 11 is 6.86. The van der Waals surface area contributed by atoms with Gasteiger partial charge < -0.3 is 4.74 Å². The summed E-state index contributed by atoms with van der Waals surface area (Å²) < 4.78 is 8.96. The number of rotatable bonds is 3. The molecule has 0 spiro atoms. The lowest BCUT2D eigenvalue weighted by Crippen LogP contribution is -1.78. The summed E-state index contributed by atoms with van der Waals surface area (Å²) in [7, 11) is 1.60. The summed E-state index contributed by atoms with van der Waals surface area (Å²) in [5, 5.41) is 0. The predicted molar refractivity (Wildman–Crippen MR) is 55.5 cm³/mol. The molecule has 0 aliphatic heterocycles. The molecule has 1 aromatic heterocycles. The van der Waals surface area contributed by atoms with Crippen LogP contribution in [0.2, 0.25) is 0 Å². The molecular weight excluding hydrogens is 206 g/mol. The molecule has 0 aliphatic rings. The molecule has 0 radical (unpaired) electrons. The SMILES string of the molecule is COc1cc(C#CCCCCl)sn1. The first kappa shape index (κ1) is 10.4. The summed E-state index contributed by atoms with van der Waals surface area (Å²) in [5.41, 5.74) is 0. The molecule has 70 valence electrons. The third-order valence-electron chi connectivity index (χ3n) is 1.34. The number of hydrogen-bond donors (Lipinski definition) is 0. The fraction of sp³-hybridized carbons (Fsp3) is 0.444. The normalized spacial score (nSPS) is 9.08. The Bertz CT molecular complexity index is 313. The highest BCUT2D eigenvalue weighted by Crippen LogP contribution is 2.14. The van der Waals surface area contributed by atoms with Crippen LogP contribution in [0.1, 0.15) is 17.7 Å². The third-order valence-corrected chi connectivity index (χ3v) is 2.30. The summed E-state index contributed by atoms with van der Waals surface area (Å²) in [6.07, 6.45) is 1.77. The van der Waals surface area contributed by atoms with Crippen molar-refractivity contribution in [1.29, 1.82) is 0 Å². The van der Waals surface area contributed by atoms with Crippen LogP contribution in [0.3, 0.4) is 0 Å². The number of ether oxygens (including phenoxy) is 1. The second-order valence-corrected chi connectivity index (χ2v) is 3.51. The quantitative estimate of drug-likeness (QED) is 0.439. The molecule has 13 heavy (non-hydrogen) atoms. The summed E-state index contributed by atoms with van der Waals surface area (Å²) in [5.74, 6) is 7.32. The van der Waals surface area contributed by atoms with E-state index in [0.29, 0.717) is 11.8 Å². The predicted octanol–water partition coefficient (Wildman–Crippen LogP) is 2.52. The van der Waals surface area contributed by atoms with Crippen LogP contribution in [0.5, 0.6) is 5.88 Å². The second-order valence-electron chi connectivity index (χ2n) is 2.33. The molecule has 0 amide bonds. The van der Waals surface area contributed by atoms with Crippen LogP contribution < -0.4 is 4.74 Å². The number of nitrogens with zero attached hydrogens (tertiary/aromatic N) is 1. The molecule has 0 atom stereocenters. The molecule has 1 rings (SSSR count). The van der Waals surface area contributed by atoms with E-state index in [1.165, 1.54) is 11.5 Å². The molecule has 0 aliphatic carbocycles. The fourth-order valence-corrected chi connectivity index (χ4v) is 1.44. The van der Waals surface area contributed by atoms with Crippen molar-refractivity contribution in [3.8, 4) is 17.7 Å². The molecule has 0 saturated heterocycles. The van der Waals surface area contributed by atoms with E-state index in [-0.39, 0.29) is 0 Å². The van der Waals surface area contributed by atoms with Gasteiger partial charge in [-0.2, -0.15) is 4.37 Å².